The van der Waals surface area contributed by atoms with Crippen LogP contribution in [0.1, 0.15) is 29.8 Å². The van der Waals surface area contributed by atoms with E-state index in [0.717, 1.165) is 17.0 Å². The third-order valence-electron chi connectivity index (χ3n) is 4.53. The molecule has 1 atom stereocenters. The Morgan fingerprint density at radius 2 is 1.78 bits per heavy atom. The Balaban J connectivity index is 1.68. The maximum atomic E-state index is 13.6. The number of rotatable bonds is 4. The molecule has 0 spiro atoms. The maximum Gasteiger partial charge on any atom is 0.178 e. The predicted octanol–water partition coefficient (Wildman–Crippen LogP) is 4.12. The van der Waals surface area contributed by atoms with E-state index in [4.69, 9.17) is 0 Å². The van der Waals surface area contributed by atoms with Crippen molar-refractivity contribution in [2.75, 3.05) is 0 Å². The van der Waals surface area contributed by atoms with Crippen molar-refractivity contribution < 1.29 is 8.78 Å². The first kappa shape index (κ1) is 17.2. The molecule has 4 heterocycles. The van der Waals surface area contributed by atoms with Gasteiger partial charge in [0.25, 0.3) is 0 Å². The summed E-state index contributed by atoms with van der Waals surface area (Å²) < 4.78 is 28.3. The van der Waals surface area contributed by atoms with Gasteiger partial charge in [-0.1, -0.05) is 6.92 Å². The molecule has 0 radical (unpaired) electrons. The first-order valence-electron chi connectivity index (χ1n) is 8.58. The van der Waals surface area contributed by atoms with Crippen LogP contribution in [0.15, 0.2) is 49.1 Å². The molecule has 4 aromatic rings. The van der Waals surface area contributed by atoms with Crippen LogP contribution in [0.2, 0.25) is 0 Å². The number of hydrogen-bond donors (Lipinski definition) is 0. The number of hydrogen-bond acceptors (Lipinski definition) is 4. The van der Waals surface area contributed by atoms with E-state index >= 15 is 0 Å². The van der Waals surface area contributed by atoms with Crippen LogP contribution in [0, 0.1) is 18.6 Å². The number of fused-ring (bicyclic) bond motifs is 1. The molecule has 4 aromatic heterocycles. The van der Waals surface area contributed by atoms with E-state index in [1.807, 2.05) is 13.8 Å². The lowest BCUT2D eigenvalue weighted by Crippen LogP contribution is -2.07. The number of imidazole rings is 1. The molecule has 0 aromatic carbocycles. The van der Waals surface area contributed by atoms with Gasteiger partial charge in [-0.2, -0.15) is 0 Å². The van der Waals surface area contributed by atoms with Gasteiger partial charge in [0, 0.05) is 29.7 Å². The quantitative estimate of drug-likeness (QED) is 0.546. The number of pyridine rings is 2. The van der Waals surface area contributed by atoms with Gasteiger partial charge in [-0.25, -0.2) is 23.7 Å². The molecule has 0 unspecified atom stereocenters. The summed E-state index contributed by atoms with van der Waals surface area (Å²) in [6.45, 7) is 3.96. The second kappa shape index (κ2) is 6.83. The van der Waals surface area contributed by atoms with Gasteiger partial charge in [-0.05, 0) is 43.2 Å². The van der Waals surface area contributed by atoms with E-state index in [2.05, 4.69) is 19.9 Å². The zero-order chi connectivity index (χ0) is 19.0. The smallest absolute Gasteiger partial charge is 0.178 e. The number of nitrogens with zero attached hydrogens (tertiary/aromatic N) is 5. The summed E-state index contributed by atoms with van der Waals surface area (Å²) in [6, 6.07) is 6.07. The fraction of sp³-hybridized carbons (Fsp3) is 0.200. The number of aryl methyl sites for hydroxylation is 1. The molecule has 0 saturated carbocycles. The minimum Gasteiger partial charge on any atom is -0.294 e. The molecular weight excluding hydrogens is 348 g/mol. The highest BCUT2D eigenvalue weighted by molar-refractivity contribution is 5.57. The molecule has 27 heavy (non-hydrogen) atoms. The van der Waals surface area contributed by atoms with Gasteiger partial charge in [0.1, 0.15) is 23.0 Å². The van der Waals surface area contributed by atoms with Gasteiger partial charge >= 0.3 is 0 Å². The molecule has 0 aliphatic heterocycles. The highest BCUT2D eigenvalue weighted by atomic mass is 19.1. The third kappa shape index (κ3) is 3.40. The monoisotopic (exact) mass is 365 g/mol. The second-order valence-electron chi connectivity index (χ2n) is 6.55. The molecule has 5 nitrogen and oxygen atoms in total. The van der Waals surface area contributed by atoms with Crippen molar-refractivity contribution in [3.63, 3.8) is 0 Å². The van der Waals surface area contributed by atoms with E-state index in [1.54, 1.807) is 28.9 Å². The summed E-state index contributed by atoms with van der Waals surface area (Å²) in [5, 5.41) is 0. The molecule has 0 N–H and O–H groups in total. The van der Waals surface area contributed by atoms with Crippen LogP contribution in [0.4, 0.5) is 8.78 Å². The fourth-order valence-corrected chi connectivity index (χ4v) is 3.00. The zero-order valence-electron chi connectivity index (χ0n) is 14.9. The van der Waals surface area contributed by atoms with Crippen LogP contribution in [0.25, 0.3) is 17.2 Å². The Bertz CT molecular complexity index is 1110. The lowest BCUT2D eigenvalue weighted by atomic mass is 9.99. The second-order valence-corrected chi connectivity index (χ2v) is 6.55. The lowest BCUT2D eigenvalue weighted by molar-refractivity contribution is 0.613. The first-order chi connectivity index (χ1) is 13.0. The topological polar surface area (TPSA) is 56.0 Å². The van der Waals surface area contributed by atoms with Crippen molar-refractivity contribution in [3.8, 4) is 11.5 Å². The standard InChI is InChI=1S/C20H17F2N5/c1-12(16-5-3-14(21)9-23-16)7-17-13(2)8-25-20(26-17)18-10-24-19-6-4-15(22)11-27(18)19/h3-6,8-12H,7H2,1-2H3/t12-/m1/s1. The van der Waals surface area contributed by atoms with Crippen molar-refractivity contribution in [3.05, 3.63) is 77.6 Å². The molecular formula is C20H17F2N5. The largest absolute Gasteiger partial charge is 0.294 e. The van der Waals surface area contributed by atoms with Crippen molar-refractivity contribution in [1.29, 1.82) is 0 Å². The summed E-state index contributed by atoms with van der Waals surface area (Å²) in [7, 11) is 0. The van der Waals surface area contributed by atoms with E-state index in [0.29, 0.717) is 23.6 Å². The molecule has 0 aliphatic carbocycles. The highest BCUT2D eigenvalue weighted by Gasteiger charge is 2.15. The van der Waals surface area contributed by atoms with Crippen molar-refractivity contribution >= 4 is 5.65 Å². The fourth-order valence-electron chi connectivity index (χ4n) is 3.00. The molecule has 4 rings (SSSR count). The Morgan fingerprint density at radius 3 is 2.56 bits per heavy atom. The first-order valence-corrected chi connectivity index (χ1v) is 8.58. The van der Waals surface area contributed by atoms with Crippen molar-refractivity contribution in [2.24, 2.45) is 0 Å². The lowest BCUT2D eigenvalue weighted by Gasteiger charge is -2.13. The van der Waals surface area contributed by atoms with E-state index in [1.165, 1.54) is 24.5 Å². The molecule has 0 amide bonds. The highest BCUT2D eigenvalue weighted by Crippen LogP contribution is 2.23. The summed E-state index contributed by atoms with van der Waals surface area (Å²) in [4.78, 5) is 17.5. The summed E-state index contributed by atoms with van der Waals surface area (Å²) in [6.07, 6.45) is 6.60. The van der Waals surface area contributed by atoms with Crippen LogP contribution < -0.4 is 0 Å². The SMILES string of the molecule is Cc1cnc(-c2cnc3ccc(F)cn23)nc1C[C@@H](C)c1ccc(F)cn1. The van der Waals surface area contributed by atoms with Gasteiger partial charge < -0.3 is 0 Å². The van der Waals surface area contributed by atoms with Crippen LogP contribution in [0.3, 0.4) is 0 Å². The average molecular weight is 365 g/mol. The molecule has 136 valence electrons. The molecule has 0 saturated heterocycles. The molecule has 0 bridgehead atoms. The van der Waals surface area contributed by atoms with Gasteiger partial charge in [0.2, 0.25) is 0 Å². The predicted molar refractivity (Wildman–Crippen MR) is 97.2 cm³/mol. The van der Waals surface area contributed by atoms with Gasteiger partial charge in [0.05, 0.1) is 12.4 Å². The average Bonchev–Trinajstić information content (AvgIpc) is 3.07. The summed E-state index contributed by atoms with van der Waals surface area (Å²) in [5.74, 6) is -0.170. The van der Waals surface area contributed by atoms with Gasteiger partial charge in [-0.3, -0.25) is 9.38 Å². The summed E-state index contributed by atoms with van der Waals surface area (Å²) >= 11 is 0. The van der Waals surface area contributed by atoms with Crippen molar-refractivity contribution in [2.45, 2.75) is 26.2 Å². The minimum absolute atomic E-state index is 0.0617. The van der Waals surface area contributed by atoms with Gasteiger partial charge in [0.15, 0.2) is 5.82 Å². The van der Waals surface area contributed by atoms with E-state index in [9.17, 15) is 8.78 Å². The Hall–Kier alpha value is -3.22. The van der Waals surface area contributed by atoms with Crippen LogP contribution >= 0.6 is 0 Å². The van der Waals surface area contributed by atoms with Gasteiger partial charge in [-0.15, -0.1) is 0 Å². The number of halogens is 2. The molecule has 0 aliphatic rings. The maximum absolute atomic E-state index is 13.6. The zero-order valence-corrected chi connectivity index (χ0v) is 14.9. The van der Waals surface area contributed by atoms with Crippen LogP contribution in [-0.4, -0.2) is 24.3 Å². The number of aromatic nitrogens is 5. The van der Waals surface area contributed by atoms with E-state index < -0.39 is 0 Å². The van der Waals surface area contributed by atoms with Crippen molar-refractivity contribution in [1.82, 2.24) is 24.3 Å². The Morgan fingerprint density at radius 1 is 0.963 bits per heavy atom. The van der Waals surface area contributed by atoms with E-state index in [-0.39, 0.29) is 17.6 Å². The summed E-state index contributed by atoms with van der Waals surface area (Å²) in [5.41, 5.74) is 3.87. The normalized spacial score (nSPS) is 12.4. The Kier molecular flexibility index (Phi) is 4.35. The van der Waals surface area contributed by atoms with Crippen LogP contribution in [-0.2, 0) is 6.42 Å². The molecule has 0 fully saturated rings. The van der Waals surface area contributed by atoms with Crippen LogP contribution in [0.5, 0.6) is 0 Å². The third-order valence-corrected chi connectivity index (χ3v) is 4.53. The molecule has 7 heteroatoms. The Labute approximate surface area is 154 Å². The minimum atomic E-state index is -0.356.